The van der Waals surface area contributed by atoms with E-state index in [1.807, 2.05) is 23.9 Å². The maximum atomic E-state index is 5.78. The number of para-hydroxylation sites is 1. The molecule has 0 amide bonds. The zero-order chi connectivity index (χ0) is 16.7. The summed E-state index contributed by atoms with van der Waals surface area (Å²) in [4.78, 5) is 2.46. The molecule has 1 unspecified atom stereocenters. The minimum atomic E-state index is 0.214. The largest absolute Gasteiger partial charge is 0.454 e. The molecule has 3 heterocycles. The van der Waals surface area contributed by atoms with Crippen molar-refractivity contribution < 1.29 is 14.2 Å². The summed E-state index contributed by atoms with van der Waals surface area (Å²) in [5.74, 6) is 1.72. The van der Waals surface area contributed by atoms with Gasteiger partial charge in [-0.1, -0.05) is 12.1 Å². The average Bonchev–Trinajstić information content (AvgIpc) is 3.14. The minimum Gasteiger partial charge on any atom is -0.454 e. The summed E-state index contributed by atoms with van der Waals surface area (Å²) in [5.41, 5.74) is 4.72. The lowest BCUT2D eigenvalue weighted by Crippen LogP contribution is -2.39. The predicted octanol–water partition coefficient (Wildman–Crippen LogP) is 2.34. The molecule has 1 fully saturated rings. The Morgan fingerprint density at radius 3 is 2.92 bits per heavy atom. The fourth-order valence-corrected chi connectivity index (χ4v) is 3.70. The fourth-order valence-electron chi connectivity index (χ4n) is 3.70. The van der Waals surface area contributed by atoms with E-state index in [-0.39, 0.29) is 6.04 Å². The van der Waals surface area contributed by atoms with E-state index in [0.29, 0.717) is 13.4 Å². The smallest absolute Gasteiger partial charge is 0.231 e. The van der Waals surface area contributed by atoms with Crippen molar-refractivity contribution in [2.24, 2.45) is 7.05 Å². The second kappa shape index (κ2) is 6.11. The van der Waals surface area contributed by atoms with Crippen molar-refractivity contribution in [1.29, 1.82) is 0 Å². The van der Waals surface area contributed by atoms with Crippen molar-refractivity contribution in [3.63, 3.8) is 0 Å². The molecule has 0 bridgehead atoms. The summed E-state index contributed by atoms with van der Waals surface area (Å²) in [5, 5.41) is 4.57. The Balaban J connectivity index is 1.65. The van der Waals surface area contributed by atoms with Crippen molar-refractivity contribution in [2.75, 3.05) is 26.6 Å². The summed E-state index contributed by atoms with van der Waals surface area (Å²) < 4.78 is 18.9. The first-order valence-electron chi connectivity index (χ1n) is 8.34. The summed E-state index contributed by atoms with van der Waals surface area (Å²) >= 11 is 0. The van der Waals surface area contributed by atoms with Crippen LogP contribution in [0, 0.1) is 13.8 Å². The van der Waals surface area contributed by atoms with Gasteiger partial charge in [-0.05, 0) is 19.9 Å². The highest BCUT2D eigenvalue weighted by molar-refractivity contribution is 5.48. The zero-order valence-electron chi connectivity index (χ0n) is 14.4. The molecule has 6 heteroatoms. The molecule has 0 radical (unpaired) electrons. The number of ether oxygens (including phenoxy) is 3. The molecule has 0 N–H and O–H groups in total. The molecule has 2 aromatic rings. The van der Waals surface area contributed by atoms with E-state index in [1.165, 1.54) is 11.3 Å². The highest BCUT2D eigenvalue weighted by Gasteiger charge is 2.30. The molecule has 2 aliphatic heterocycles. The first-order chi connectivity index (χ1) is 11.6. The summed E-state index contributed by atoms with van der Waals surface area (Å²) in [6.07, 6.45) is 0. The molecule has 0 saturated carbocycles. The van der Waals surface area contributed by atoms with Gasteiger partial charge in [0.1, 0.15) is 0 Å². The topological polar surface area (TPSA) is 48.8 Å². The van der Waals surface area contributed by atoms with Crippen LogP contribution in [-0.4, -0.2) is 41.2 Å². The molecule has 2 aliphatic rings. The van der Waals surface area contributed by atoms with Crippen LogP contribution >= 0.6 is 0 Å². The summed E-state index contributed by atoms with van der Waals surface area (Å²) in [6, 6.07) is 6.31. The van der Waals surface area contributed by atoms with E-state index in [1.54, 1.807) is 0 Å². The van der Waals surface area contributed by atoms with Crippen molar-refractivity contribution in [3.05, 3.63) is 40.7 Å². The number of hydrogen-bond acceptors (Lipinski definition) is 5. The Labute approximate surface area is 141 Å². The van der Waals surface area contributed by atoms with Gasteiger partial charge >= 0.3 is 0 Å². The van der Waals surface area contributed by atoms with Crippen molar-refractivity contribution in [1.82, 2.24) is 14.7 Å². The Kier molecular flexibility index (Phi) is 3.94. The number of fused-ring (bicyclic) bond motifs is 1. The second-order valence-electron chi connectivity index (χ2n) is 6.42. The maximum Gasteiger partial charge on any atom is 0.231 e. The standard InChI is InChI=1S/C18H23N3O3/c1-12-17(13(2)20(3)19-12)15-10-22-8-7-21(15)9-14-5-4-6-16-18(14)24-11-23-16/h4-6,15H,7-11H2,1-3H3. The van der Waals surface area contributed by atoms with Crippen LogP contribution in [0.4, 0.5) is 0 Å². The molecule has 1 aromatic carbocycles. The Hall–Kier alpha value is -2.05. The lowest BCUT2D eigenvalue weighted by Gasteiger charge is -2.36. The van der Waals surface area contributed by atoms with Crippen LogP contribution in [0.25, 0.3) is 0 Å². The SMILES string of the molecule is Cc1nn(C)c(C)c1C1COCCN1Cc1cccc2c1OCO2. The zero-order valence-corrected chi connectivity index (χ0v) is 14.4. The van der Waals surface area contributed by atoms with Gasteiger partial charge in [0.15, 0.2) is 11.5 Å². The molecule has 0 spiro atoms. The molecule has 128 valence electrons. The normalized spacial score (nSPS) is 20.5. The number of nitrogens with zero attached hydrogens (tertiary/aromatic N) is 3. The van der Waals surface area contributed by atoms with Gasteiger partial charge < -0.3 is 14.2 Å². The third-order valence-corrected chi connectivity index (χ3v) is 4.99. The minimum absolute atomic E-state index is 0.214. The number of rotatable bonds is 3. The number of morpholine rings is 1. The molecular weight excluding hydrogens is 306 g/mol. The number of benzene rings is 1. The fraction of sp³-hybridized carbons (Fsp3) is 0.500. The molecule has 0 aliphatic carbocycles. The monoisotopic (exact) mass is 329 g/mol. The van der Waals surface area contributed by atoms with Crippen molar-refractivity contribution >= 4 is 0 Å². The van der Waals surface area contributed by atoms with E-state index < -0.39 is 0 Å². The molecular formula is C18H23N3O3. The molecule has 24 heavy (non-hydrogen) atoms. The Morgan fingerprint density at radius 2 is 2.12 bits per heavy atom. The van der Waals surface area contributed by atoms with Crippen molar-refractivity contribution in [3.8, 4) is 11.5 Å². The first kappa shape index (κ1) is 15.5. The third-order valence-electron chi connectivity index (χ3n) is 4.99. The first-order valence-corrected chi connectivity index (χ1v) is 8.34. The number of aromatic nitrogens is 2. The molecule has 4 rings (SSSR count). The van der Waals surface area contributed by atoms with Crippen LogP contribution in [0.5, 0.6) is 11.5 Å². The molecule has 1 aromatic heterocycles. The van der Waals surface area contributed by atoms with Gasteiger partial charge in [-0.25, -0.2) is 0 Å². The van der Waals surface area contributed by atoms with Gasteiger partial charge in [0.25, 0.3) is 0 Å². The highest BCUT2D eigenvalue weighted by atomic mass is 16.7. The van der Waals surface area contributed by atoms with E-state index in [4.69, 9.17) is 14.2 Å². The van der Waals surface area contributed by atoms with Gasteiger partial charge in [0.2, 0.25) is 6.79 Å². The van der Waals surface area contributed by atoms with Crippen LogP contribution in [0.15, 0.2) is 18.2 Å². The summed E-state index contributed by atoms with van der Waals surface area (Å²) in [7, 11) is 2.00. The van der Waals surface area contributed by atoms with E-state index >= 15 is 0 Å². The predicted molar refractivity (Wildman–Crippen MR) is 89.2 cm³/mol. The quantitative estimate of drug-likeness (QED) is 0.865. The Morgan fingerprint density at radius 1 is 1.25 bits per heavy atom. The highest BCUT2D eigenvalue weighted by Crippen LogP contribution is 2.38. The molecule has 6 nitrogen and oxygen atoms in total. The van der Waals surface area contributed by atoms with Crippen LogP contribution in [0.1, 0.15) is 28.6 Å². The van der Waals surface area contributed by atoms with Crippen LogP contribution in [0.2, 0.25) is 0 Å². The Bertz CT molecular complexity index is 756. The third kappa shape index (κ3) is 2.56. The van der Waals surface area contributed by atoms with Crippen LogP contribution in [-0.2, 0) is 18.3 Å². The summed E-state index contributed by atoms with van der Waals surface area (Å²) in [6.45, 7) is 7.66. The average molecular weight is 329 g/mol. The van der Waals surface area contributed by atoms with Gasteiger partial charge in [-0.15, -0.1) is 0 Å². The maximum absolute atomic E-state index is 5.78. The van der Waals surface area contributed by atoms with Crippen LogP contribution < -0.4 is 9.47 Å². The lowest BCUT2D eigenvalue weighted by molar-refractivity contribution is -0.0135. The van der Waals surface area contributed by atoms with Gasteiger partial charge in [0.05, 0.1) is 24.9 Å². The van der Waals surface area contributed by atoms with Gasteiger partial charge in [-0.3, -0.25) is 9.58 Å². The van der Waals surface area contributed by atoms with Gasteiger partial charge in [0, 0.05) is 37.0 Å². The molecule has 1 saturated heterocycles. The van der Waals surface area contributed by atoms with E-state index in [2.05, 4.69) is 29.9 Å². The van der Waals surface area contributed by atoms with Crippen LogP contribution in [0.3, 0.4) is 0 Å². The van der Waals surface area contributed by atoms with Gasteiger partial charge in [-0.2, -0.15) is 5.10 Å². The van der Waals surface area contributed by atoms with Crippen molar-refractivity contribution in [2.45, 2.75) is 26.4 Å². The number of aryl methyl sites for hydroxylation is 2. The van der Waals surface area contributed by atoms with E-state index in [0.717, 1.165) is 42.5 Å². The van der Waals surface area contributed by atoms with E-state index in [9.17, 15) is 0 Å². The molecule has 1 atom stereocenters. The lowest BCUT2D eigenvalue weighted by atomic mass is 10.0. The second-order valence-corrected chi connectivity index (χ2v) is 6.42. The number of hydrogen-bond donors (Lipinski definition) is 0.